The normalized spacial score (nSPS) is 11.0. The molecular formula is C23H25OP. The average molecular weight is 348 g/mol. The standard InChI is InChI=1S/C23H25OP/c1-16-10-8-11-17(2)22(16)25(21-15-7-6-14-20(21)24-5)23-18(3)12-9-13-19(23)4/h6-15H,1-5H3. The zero-order chi connectivity index (χ0) is 18.0. The van der Waals surface area contributed by atoms with Gasteiger partial charge in [-0.3, -0.25) is 0 Å². The fourth-order valence-corrected chi connectivity index (χ4v) is 6.52. The second-order valence-electron chi connectivity index (χ2n) is 6.49. The van der Waals surface area contributed by atoms with Crippen molar-refractivity contribution in [3.05, 3.63) is 82.9 Å². The summed E-state index contributed by atoms with van der Waals surface area (Å²) in [6.07, 6.45) is 0. The van der Waals surface area contributed by atoms with Crippen LogP contribution in [0.5, 0.6) is 5.75 Å². The molecule has 25 heavy (non-hydrogen) atoms. The maximum atomic E-state index is 5.74. The first-order valence-corrected chi connectivity index (χ1v) is 9.94. The third-order valence-corrected chi connectivity index (χ3v) is 7.81. The molecule has 0 saturated heterocycles. The van der Waals surface area contributed by atoms with E-state index in [1.54, 1.807) is 7.11 Å². The van der Waals surface area contributed by atoms with Crippen molar-refractivity contribution in [2.45, 2.75) is 27.7 Å². The van der Waals surface area contributed by atoms with Crippen LogP contribution in [0.1, 0.15) is 22.3 Å². The Morgan fingerprint density at radius 3 is 1.48 bits per heavy atom. The lowest BCUT2D eigenvalue weighted by molar-refractivity contribution is 0.418. The Labute approximate surface area is 152 Å². The van der Waals surface area contributed by atoms with Crippen LogP contribution in [0.3, 0.4) is 0 Å². The van der Waals surface area contributed by atoms with Gasteiger partial charge >= 0.3 is 0 Å². The van der Waals surface area contributed by atoms with E-state index < -0.39 is 7.92 Å². The number of ether oxygens (including phenoxy) is 1. The van der Waals surface area contributed by atoms with Crippen LogP contribution >= 0.6 is 7.92 Å². The van der Waals surface area contributed by atoms with Crippen molar-refractivity contribution in [2.24, 2.45) is 0 Å². The van der Waals surface area contributed by atoms with Crippen LogP contribution in [0.15, 0.2) is 60.7 Å². The van der Waals surface area contributed by atoms with Crippen molar-refractivity contribution in [3.63, 3.8) is 0 Å². The van der Waals surface area contributed by atoms with Gasteiger partial charge in [-0.15, -0.1) is 0 Å². The van der Waals surface area contributed by atoms with Gasteiger partial charge in [0.1, 0.15) is 5.75 Å². The second-order valence-corrected chi connectivity index (χ2v) is 8.54. The van der Waals surface area contributed by atoms with Gasteiger partial charge in [-0.2, -0.15) is 0 Å². The molecule has 0 aliphatic heterocycles. The van der Waals surface area contributed by atoms with Crippen LogP contribution in [0.4, 0.5) is 0 Å². The zero-order valence-corrected chi connectivity index (χ0v) is 16.5. The minimum Gasteiger partial charge on any atom is -0.496 e. The third kappa shape index (κ3) is 3.34. The zero-order valence-electron chi connectivity index (χ0n) is 15.6. The van der Waals surface area contributed by atoms with Crippen molar-refractivity contribution in [1.82, 2.24) is 0 Å². The molecule has 0 fully saturated rings. The summed E-state index contributed by atoms with van der Waals surface area (Å²) in [4.78, 5) is 0. The molecule has 0 N–H and O–H groups in total. The Balaban J connectivity index is 2.38. The summed E-state index contributed by atoms with van der Waals surface area (Å²) in [5.41, 5.74) is 5.39. The van der Waals surface area contributed by atoms with Gasteiger partial charge < -0.3 is 4.74 Å². The lowest BCUT2D eigenvalue weighted by atomic mass is 10.1. The molecule has 0 unspecified atom stereocenters. The Morgan fingerprint density at radius 2 is 1.04 bits per heavy atom. The molecule has 0 amide bonds. The van der Waals surface area contributed by atoms with E-state index in [1.165, 1.54) is 38.2 Å². The summed E-state index contributed by atoms with van der Waals surface area (Å²) in [6, 6.07) is 21.7. The summed E-state index contributed by atoms with van der Waals surface area (Å²) in [7, 11) is 1.08. The smallest absolute Gasteiger partial charge is 0.127 e. The van der Waals surface area contributed by atoms with Gasteiger partial charge in [0, 0.05) is 5.30 Å². The van der Waals surface area contributed by atoms with Crippen LogP contribution in [0, 0.1) is 27.7 Å². The highest BCUT2D eigenvalue weighted by Gasteiger charge is 2.25. The molecule has 128 valence electrons. The van der Waals surface area contributed by atoms with E-state index in [2.05, 4.69) is 82.3 Å². The van der Waals surface area contributed by atoms with Crippen LogP contribution in [0.25, 0.3) is 0 Å². The van der Waals surface area contributed by atoms with Crippen molar-refractivity contribution >= 4 is 23.8 Å². The van der Waals surface area contributed by atoms with Gasteiger partial charge in [0.2, 0.25) is 0 Å². The Hall–Kier alpha value is -2.11. The van der Waals surface area contributed by atoms with Gasteiger partial charge in [0.15, 0.2) is 0 Å². The topological polar surface area (TPSA) is 9.23 Å². The summed E-state index contributed by atoms with van der Waals surface area (Å²) in [6.45, 7) is 8.89. The SMILES string of the molecule is COc1ccccc1P(c1c(C)cccc1C)c1c(C)cccc1C. The molecule has 0 bridgehead atoms. The Kier molecular flexibility index (Phi) is 5.25. The van der Waals surface area contributed by atoms with E-state index in [0.717, 1.165) is 5.75 Å². The maximum Gasteiger partial charge on any atom is 0.127 e. The number of benzene rings is 3. The first-order valence-electron chi connectivity index (χ1n) is 8.60. The summed E-state index contributed by atoms with van der Waals surface area (Å²) >= 11 is 0. The van der Waals surface area contributed by atoms with Gasteiger partial charge in [0.25, 0.3) is 0 Å². The minimum atomic E-state index is -0.681. The number of rotatable bonds is 4. The van der Waals surface area contributed by atoms with E-state index in [-0.39, 0.29) is 0 Å². The predicted octanol–water partition coefficient (Wildman–Crippen LogP) is 4.69. The molecule has 1 nitrogen and oxygen atoms in total. The molecule has 0 aliphatic carbocycles. The monoisotopic (exact) mass is 348 g/mol. The highest BCUT2D eigenvalue weighted by molar-refractivity contribution is 7.80. The minimum absolute atomic E-state index is 0.681. The highest BCUT2D eigenvalue weighted by Crippen LogP contribution is 2.40. The van der Waals surface area contributed by atoms with Gasteiger partial charge in [-0.1, -0.05) is 54.6 Å². The quantitative estimate of drug-likeness (QED) is 0.622. The fourth-order valence-electron chi connectivity index (χ4n) is 3.48. The number of hydrogen-bond donors (Lipinski definition) is 0. The number of para-hydroxylation sites is 1. The molecule has 0 spiro atoms. The van der Waals surface area contributed by atoms with E-state index in [0.29, 0.717) is 0 Å². The number of methoxy groups -OCH3 is 1. The summed E-state index contributed by atoms with van der Waals surface area (Å²) in [5.74, 6) is 0.971. The number of hydrogen-bond acceptors (Lipinski definition) is 1. The molecule has 0 aliphatic rings. The third-order valence-electron chi connectivity index (χ3n) is 4.65. The molecule has 0 saturated carbocycles. The molecule has 0 atom stereocenters. The molecule has 0 aromatic heterocycles. The van der Waals surface area contributed by atoms with Crippen LogP contribution < -0.4 is 20.7 Å². The summed E-state index contributed by atoms with van der Waals surface area (Å²) < 4.78 is 5.74. The van der Waals surface area contributed by atoms with Crippen molar-refractivity contribution < 1.29 is 4.74 Å². The second kappa shape index (κ2) is 7.42. The molecule has 3 rings (SSSR count). The lowest BCUT2D eigenvalue weighted by Gasteiger charge is -2.27. The van der Waals surface area contributed by atoms with E-state index >= 15 is 0 Å². The molecule has 3 aromatic rings. The van der Waals surface area contributed by atoms with Crippen LogP contribution in [-0.2, 0) is 0 Å². The lowest BCUT2D eigenvalue weighted by Crippen LogP contribution is -2.28. The van der Waals surface area contributed by atoms with Crippen molar-refractivity contribution in [1.29, 1.82) is 0 Å². The Morgan fingerprint density at radius 1 is 0.600 bits per heavy atom. The van der Waals surface area contributed by atoms with Crippen LogP contribution in [-0.4, -0.2) is 7.11 Å². The molecule has 2 heteroatoms. The molecule has 0 heterocycles. The van der Waals surface area contributed by atoms with Crippen molar-refractivity contribution in [2.75, 3.05) is 7.11 Å². The first-order chi connectivity index (χ1) is 12.0. The first kappa shape index (κ1) is 17.7. The summed E-state index contributed by atoms with van der Waals surface area (Å²) in [5, 5.41) is 4.17. The molecular weight excluding hydrogens is 323 g/mol. The molecule has 0 radical (unpaired) electrons. The van der Waals surface area contributed by atoms with E-state index in [1.807, 2.05) is 6.07 Å². The highest BCUT2D eigenvalue weighted by atomic mass is 31.1. The maximum absolute atomic E-state index is 5.74. The largest absolute Gasteiger partial charge is 0.496 e. The number of aryl methyl sites for hydroxylation is 4. The Bertz CT molecular complexity index is 806. The fraction of sp³-hybridized carbons (Fsp3) is 0.217. The van der Waals surface area contributed by atoms with Crippen molar-refractivity contribution in [3.8, 4) is 5.75 Å². The van der Waals surface area contributed by atoms with Gasteiger partial charge in [-0.05, 0) is 74.5 Å². The van der Waals surface area contributed by atoms with Crippen LogP contribution in [0.2, 0.25) is 0 Å². The van der Waals surface area contributed by atoms with E-state index in [4.69, 9.17) is 4.74 Å². The van der Waals surface area contributed by atoms with Gasteiger partial charge in [0.05, 0.1) is 7.11 Å². The van der Waals surface area contributed by atoms with Gasteiger partial charge in [-0.25, -0.2) is 0 Å². The molecule has 3 aromatic carbocycles. The van der Waals surface area contributed by atoms with E-state index in [9.17, 15) is 0 Å². The average Bonchev–Trinajstić information content (AvgIpc) is 2.60. The predicted molar refractivity (Wildman–Crippen MR) is 111 cm³/mol.